The number of aliphatic hydroxyl groups is 1. The molecule has 1 saturated heterocycles. The Kier molecular flexibility index (Phi) is 4.25. The Morgan fingerprint density at radius 2 is 2.00 bits per heavy atom. The SMILES string of the molecule is OC1CCCC1C1CCCN1Cc1ccccc1Br. The fraction of sp³-hybridized carbons (Fsp3) is 0.625. The summed E-state index contributed by atoms with van der Waals surface area (Å²) in [4.78, 5) is 2.58. The van der Waals surface area contributed by atoms with Gasteiger partial charge in [0.05, 0.1) is 6.10 Å². The first-order valence-electron chi connectivity index (χ1n) is 7.41. The van der Waals surface area contributed by atoms with Crippen LogP contribution in [0.15, 0.2) is 28.7 Å². The molecule has 1 aliphatic carbocycles. The molecule has 104 valence electrons. The quantitative estimate of drug-likeness (QED) is 0.919. The largest absolute Gasteiger partial charge is 0.393 e. The van der Waals surface area contributed by atoms with Crippen molar-refractivity contribution in [3.8, 4) is 0 Å². The Hall–Kier alpha value is -0.380. The molecule has 0 bridgehead atoms. The van der Waals surface area contributed by atoms with Gasteiger partial charge in [0.15, 0.2) is 0 Å². The molecule has 3 heteroatoms. The van der Waals surface area contributed by atoms with Gasteiger partial charge < -0.3 is 5.11 Å². The van der Waals surface area contributed by atoms with Crippen molar-refractivity contribution in [3.05, 3.63) is 34.3 Å². The fourth-order valence-corrected chi connectivity index (χ4v) is 4.21. The van der Waals surface area contributed by atoms with Gasteiger partial charge in [-0.15, -0.1) is 0 Å². The number of hydrogen-bond acceptors (Lipinski definition) is 2. The lowest BCUT2D eigenvalue weighted by atomic mass is 9.94. The summed E-state index contributed by atoms with van der Waals surface area (Å²) < 4.78 is 1.20. The zero-order chi connectivity index (χ0) is 13.2. The molecule has 3 unspecified atom stereocenters. The van der Waals surface area contributed by atoms with E-state index in [1.54, 1.807) is 0 Å². The Morgan fingerprint density at radius 3 is 2.74 bits per heavy atom. The molecule has 1 heterocycles. The summed E-state index contributed by atoms with van der Waals surface area (Å²) in [5.74, 6) is 0.505. The van der Waals surface area contributed by atoms with E-state index >= 15 is 0 Å². The van der Waals surface area contributed by atoms with Gasteiger partial charge in [0.1, 0.15) is 0 Å². The Labute approximate surface area is 123 Å². The molecule has 0 spiro atoms. The lowest BCUT2D eigenvalue weighted by Gasteiger charge is -2.31. The van der Waals surface area contributed by atoms with Crippen molar-refractivity contribution in [2.75, 3.05) is 6.54 Å². The van der Waals surface area contributed by atoms with Crippen LogP contribution >= 0.6 is 15.9 Å². The highest BCUT2D eigenvalue weighted by Crippen LogP contribution is 2.36. The van der Waals surface area contributed by atoms with Crippen LogP contribution in [0.3, 0.4) is 0 Å². The molecule has 2 aliphatic rings. The highest BCUT2D eigenvalue weighted by Gasteiger charge is 2.38. The van der Waals surface area contributed by atoms with Crippen molar-refractivity contribution < 1.29 is 5.11 Å². The van der Waals surface area contributed by atoms with E-state index in [1.165, 1.54) is 42.3 Å². The van der Waals surface area contributed by atoms with Gasteiger partial charge >= 0.3 is 0 Å². The average molecular weight is 324 g/mol. The predicted octanol–water partition coefficient (Wildman–Crippen LogP) is 3.57. The third kappa shape index (κ3) is 2.88. The molecule has 1 aromatic rings. The van der Waals surface area contributed by atoms with Gasteiger partial charge in [0.2, 0.25) is 0 Å². The van der Waals surface area contributed by atoms with Gasteiger partial charge in [-0.3, -0.25) is 4.90 Å². The van der Waals surface area contributed by atoms with Crippen molar-refractivity contribution in [1.82, 2.24) is 4.90 Å². The molecule has 0 aromatic heterocycles. The maximum atomic E-state index is 10.2. The van der Waals surface area contributed by atoms with E-state index in [0.29, 0.717) is 12.0 Å². The van der Waals surface area contributed by atoms with Crippen LogP contribution in [-0.2, 0) is 6.54 Å². The zero-order valence-corrected chi connectivity index (χ0v) is 12.8. The van der Waals surface area contributed by atoms with Crippen molar-refractivity contribution >= 4 is 15.9 Å². The van der Waals surface area contributed by atoms with Crippen LogP contribution in [0.2, 0.25) is 0 Å². The van der Waals surface area contributed by atoms with Crippen LogP contribution in [0.5, 0.6) is 0 Å². The summed E-state index contributed by atoms with van der Waals surface area (Å²) >= 11 is 3.64. The number of hydrogen-bond donors (Lipinski definition) is 1. The molecule has 3 rings (SSSR count). The molecule has 2 nitrogen and oxygen atoms in total. The molecule has 1 aromatic carbocycles. The first kappa shape index (κ1) is 13.6. The van der Waals surface area contributed by atoms with Gasteiger partial charge in [-0.05, 0) is 43.9 Å². The molecule has 1 aliphatic heterocycles. The number of halogens is 1. The van der Waals surface area contributed by atoms with E-state index in [-0.39, 0.29) is 6.10 Å². The van der Waals surface area contributed by atoms with Gasteiger partial charge in [0, 0.05) is 23.0 Å². The molecule has 0 radical (unpaired) electrons. The first-order chi connectivity index (χ1) is 9.25. The number of nitrogens with zero attached hydrogens (tertiary/aromatic N) is 1. The number of rotatable bonds is 3. The topological polar surface area (TPSA) is 23.5 Å². The summed E-state index contributed by atoms with van der Waals surface area (Å²) in [5.41, 5.74) is 1.36. The van der Waals surface area contributed by atoms with Crippen LogP contribution in [0.4, 0.5) is 0 Å². The lowest BCUT2D eigenvalue weighted by molar-refractivity contribution is 0.0718. The maximum absolute atomic E-state index is 10.2. The number of likely N-dealkylation sites (tertiary alicyclic amines) is 1. The van der Waals surface area contributed by atoms with Crippen LogP contribution in [-0.4, -0.2) is 28.7 Å². The Balaban J connectivity index is 1.71. The minimum absolute atomic E-state index is 0.0650. The second-order valence-corrected chi connectivity index (χ2v) is 6.79. The monoisotopic (exact) mass is 323 g/mol. The summed E-state index contributed by atoms with van der Waals surface area (Å²) in [6.45, 7) is 2.19. The standard InChI is InChI=1S/C16H22BrNO/c17-14-7-2-1-5-12(14)11-18-10-4-8-15(18)13-6-3-9-16(13)19/h1-2,5,7,13,15-16,19H,3-4,6,8-11H2. The molecular weight excluding hydrogens is 302 g/mol. The number of benzene rings is 1. The minimum atomic E-state index is -0.0650. The normalized spacial score (nSPS) is 32.0. The molecule has 1 saturated carbocycles. The van der Waals surface area contributed by atoms with Gasteiger partial charge in [-0.1, -0.05) is 40.5 Å². The average Bonchev–Trinajstić information content (AvgIpc) is 3.01. The lowest BCUT2D eigenvalue weighted by Crippen LogP contribution is -2.38. The van der Waals surface area contributed by atoms with Crippen LogP contribution < -0.4 is 0 Å². The second kappa shape index (κ2) is 5.94. The highest BCUT2D eigenvalue weighted by molar-refractivity contribution is 9.10. The van der Waals surface area contributed by atoms with Crippen molar-refractivity contribution in [1.29, 1.82) is 0 Å². The molecule has 1 N–H and O–H groups in total. The predicted molar refractivity (Wildman–Crippen MR) is 80.9 cm³/mol. The van der Waals surface area contributed by atoms with Crippen molar-refractivity contribution in [2.45, 2.75) is 50.8 Å². The van der Waals surface area contributed by atoms with E-state index < -0.39 is 0 Å². The van der Waals surface area contributed by atoms with Crippen molar-refractivity contribution in [2.24, 2.45) is 5.92 Å². The first-order valence-corrected chi connectivity index (χ1v) is 8.20. The summed E-state index contributed by atoms with van der Waals surface area (Å²) in [6, 6.07) is 9.07. The molecule has 2 fully saturated rings. The second-order valence-electron chi connectivity index (χ2n) is 5.93. The van der Waals surface area contributed by atoms with Gasteiger partial charge in [-0.25, -0.2) is 0 Å². The smallest absolute Gasteiger partial charge is 0.0583 e. The molecule has 0 amide bonds. The Morgan fingerprint density at radius 1 is 1.16 bits per heavy atom. The van der Waals surface area contributed by atoms with E-state index in [9.17, 15) is 5.11 Å². The van der Waals surface area contributed by atoms with Crippen LogP contribution in [0.1, 0.15) is 37.7 Å². The Bertz CT molecular complexity index is 437. The summed E-state index contributed by atoms with van der Waals surface area (Å²) in [7, 11) is 0. The van der Waals surface area contributed by atoms with E-state index in [1.807, 2.05) is 0 Å². The van der Waals surface area contributed by atoms with E-state index in [4.69, 9.17) is 0 Å². The maximum Gasteiger partial charge on any atom is 0.0583 e. The van der Waals surface area contributed by atoms with Crippen LogP contribution in [0.25, 0.3) is 0 Å². The molecule has 3 atom stereocenters. The van der Waals surface area contributed by atoms with Gasteiger partial charge in [-0.2, -0.15) is 0 Å². The highest BCUT2D eigenvalue weighted by atomic mass is 79.9. The van der Waals surface area contributed by atoms with Crippen LogP contribution in [0, 0.1) is 5.92 Å². The van der Waals surface area contributed by atoms with E-state index in [0.717, 1.165) is 13.0 Å². The molecular formula is C16H22BrNO. The third-order valence-corrected chi connectivity index (χ3v) is 5.54. The van der Waals surface area contributed by atoms with Crippen molar-refractivity contribution in [3.63, 3.8) is 0 Å². The summed E-state index contributed by atoms with van der Waals surface area (Å²) in [5, 5.41) is 10.2. The number of aliphatic hydroxyl groups excluding tert-OH is 1. The zero-order valence-electron chi connectivity index (χ0n) is 11.3. The summed E-state index contributed by atoms with van der Waals surface area (Å²) in [6.07, 6.45) is 5.88. The fourth-order valence-electron chi connectivity index (χ4n) is 3.80. The van der Waals surface area contributed by atoms with Gasteiger partial charge in [0.25, 0.3) is 0 Å². The minimum Gasteiger partial charge on any atom is -0.393 e. The molecule has 19 heavy (non-hydrogen) atoms. The van der Waals surface area contributed by atoms with E-state index in [2.05, 4.69) is 45.1 Å². The third-order valence-electron chi connectivity index (χ3n) is 4.77.